The summed E-state index contributed by atoms with van der Waals surface area (Å²) >= 11 is 5.98. The van der Waals surface area contributed by atoms with E-state index in [1.807, 2.05) is 32.0 Å². The van der Waals surface area contributed by atoms with Crippen LogP contribution in [0.15, 0.2) is 41.4 Å². The third-order valence-corrected chi connectivity index (χ3v) is 6.57. The average Bonchev–Trinajstić information content (AvgIpc) is 3.01. The van der Waals surface area contributed by atoms with Crippen LogP contribution in [0.4, 0.5) is 0 Å². The molecule has 122 valence electrons. The lowest BCUT2D eigenvalue weighted by molar-refractivity contribution is 0.396. The molecule has 1 aromatic heterocycles. The van der Waals surface area contributed by atoms with Crippen molar-refractivity contribution in [2.24, 2.45) is 0 Å². The number of hydrogen-bond donors (Lipinski definition) is 0. The zero-order valence-electron chi connectivity index (χ0n) is 13.2. The molecule has 0 N–H and O–H groups in total. The minimum atomic E-state index is -3.50. The number of halogens is 1. The van der Waals surface area contributed by atoms with Gasteiger partial charge in [-0.3, -0.25) is 0 Å². The summed E-state index contributed by atoms with van der Waals surface area (Å²) in [5.41, 5.74) is 2.81. The van der Waals surface area contributed by atoms with Gasteiger partial charge in [0.2, 0.25) is 10.0 Å². The number of pyridine rings is 1. The Morgan fingerprint density at radius 3 is 2.57 bits per heavy atom. The van der Waals surface area contributed by atoms with E-state index in [1.165, 1.54) is 0 Å². The lowest BCUT2D eigenvalue weighted by atomic mass is 10.1. The summed E-state index contributed by atoms with van der Waals surface area (Å²) in [6.07, 6.45) is 3.33. The molecule has 3 rings (SSSR count). The van der Waals surface area contributed by atoms with E-state index in [2.05, 4.69) is 4.98 Å². The standard InChI is InChI=1S/C17H19ClN2O2S/c1-12-5-7-15(8-6-12)23(21,22)20-9-3-4-16(20)14-10-13(2)17(18)19-11-14/h5-8,10-11,16H,3-4,9H2,1-2H3/t16-/m0/s1. The molecule has 1 saturated heterocycles. The Labute approximate surface area is 142 Å². The Morgan fingerprint density at radius 1 is 1.22 bits per heavy atom. The van der Waals surface area contributed by atoms with Crippen LogP contribution >= 0.6 is 11.6 Å². The molecule has 1 aromatic carbocycles. The van der Waals surface area contributed by atoms with Crippen LogP contribution in [-0.2, 0) is 10.0 Å². The highest BCUT2D eigenvalue weighted by Gasteiger charge is 2.36. The minimum absolute atomic E-state index is 0.176. The molecule has 0 spiro atoms. The van der Waals surface area contributed by atoms with Crippen molar-refractivity contribution in [3.05, 3.63) is 58.4 Å². The van der Waals surface area contributed by atoms with E-state index >= 15 is 0 Å². The van der Waals surface area contributed by atoms with Gasteiger partial charge < -0.3 is 0 Å². The molecule has 0 amide bonds. The Bertz CT molecular complexity index is 819. The summed E-state index contributed by atoms with van der Waals surface area (Å²) in [5.74, 6) is 0. The molecule has 2 aromatic rings. The summed E-state index contributed by atoms with van der Waals surface area (Å²) in [6.45, 7) is 4.35. The molecule has 6 heteroatoms. The summed E-state index contributed by atoms with van der Waals surface area (Å²) in [6, 6.07) is 8.75. The van der Waals surface area contributed by atoms with Crippen molar-refractivity contribution >= 4 is 21.6 Å². The van der Waals surface area contributed by atoms with Gasteiger partial charge in [0.1, 0.15) is 5.15 Å². The van der Waals surface area contributed by atoms with Crippen LogP contribution in [0.5, 0.6) is 0 Å². The van der Waals surface area contributed by atoms with Crippen LogP contribution < -0.4 is 0 Å². The molecule has 0 unspecified atom stereocenters. The molecule has 1 fully saturated rings. The maximum absolute atomic E-state index is 13.0. The first-order valence-corrected chi connectivity index (χ1v) is 9.42. The highest BCUT2D eigenvalue weighted by molar-refractivity contribution is 7.89. The number of sulfonamides is 1. The number of aromatic nitrogens is 1. The van der Waals surface area contributed by atoms with Gasteiger partial charge in [-0.25, -0.2) is 13.4 Å². The molecule has 0 bridgehead atoms. The molecule has 23 heavy (non-hydrogen) atoms. The second-order valence-electron chi connectivity index (χ2n) is 5.96. The molecular formula is C17H19ClN2O2S. The maximum Gasteiger partial charge on any atom is 0.243 e. The van der Waals surface area contributed by atoms with E-state index in [9.17, 15) is 8.42 Å². The van der Waals surface area contributed by atoms with Crippen molar-refractivity contribution < 1.29 is 8.42 Å². The second-order valence-corrected chi connectivity index (χ2v) is 8.21. The third-order valence-electron chi connectivity index (χ3n) is 4.25. The van der Waals surface area contributed by atoms with Crippen LogP contribution in [0, 0.1) is 13.8 Å². The Morgan fingerprint density at radius 2 is 1.91 bits per heavy atom. The molecule has 1 aliphatic rings. The van der Waals surface area contributed by atoms with E-state index < -0.39 is 10.0 Å². The van der Waals surface area contributed by atoms with Crippen molar-refractivity contribution in [3.8, 4) is 0 Å². The number of hydrogen-bond acceptors (Lipinski definition) is 3. The van der Waals surface area contributed by atoms with Gasteiger partial charge in [-0.15, -0.1) is 0 Å². The highest BCUT2D eigenvalue weighted by atomic mass is 35.5. The van der Waals surface area contributed by atoms with Crippen molar-refractivity contribution in [1.82, 2.24) is 9.29 Å². The van der Waals surface area contributed by atoms with E-state index in [1.54, 1.807) is 22.6 Å². The zero-order chi connectivity index (χ0) is 16.6. The van der Waals surface area contributed by atoms with E-state index in [0.717, 1.165) is 29.5 Å². The van der Waals surface area contributed by atoms with Crippen LogP contribution in [0.25, 0.3) is 0 Å². The van der Waals surface area contributed by atoms with Gasteiger partial charge in [0, 0.05) is 12.7 Å². The first-order chi connectivity index (χ1) is 10.9. The maximum atomic E-state index is 13.0. The van der Waals surface area contributed by atoms with E-state index in [0.29, 0.717) is 16.6 Å². The van der Waals surface area contributed by atoms with Crippen LogP contribution in [0.3, 0.4) is 0 Å². The molecular weight excluding hydrogens is 332 g/mol. The highest BCUT2D eigenvalue weighted by Crippen LogP contribution is 2.37. The average molecular weight is 351 g/mol. The molecule has 4 nitrogen and oxygen atoms in total. The summed E-state index contributed by atoms with van der Waals surface area (Å²) in [5, 5.41) is 0.458. The van der Waals surface area contributed by atoms with Gasteiger partial charge in [0.15, 0.2) is 0 Å². The monoisotopic (exact) mass is 350 g/mol. The van der Waals surface area contributed by atoms with Crippen LogP contribution in [-0.4, -0.2) is 24.3 Å². The predicted octanol–water partition coefficient (Wildman–Crippen LogP) is 3.88. The number of aryl methyl sites for hydroxylation is 2. The smallest absolute Gasteiger partial charge is 0.243 e. The third kappa shape index (κ3) is 3.13. The largest absolute Gasteiger partial charge is 0.244 e. The van der Waals surface area contributed by atoms with Gasteiger partial charge in [0.05, 0.1) is 10.9 Å². The summed E-state index contributed by atoms with van der Waals surface area (Å²) in [7, 11) is -3.50. The van der Waals surface area contributed by atoms with Gasteiger partial charge in [-0.1, -0.05) is 29.3 Å². The van der Waals surface area contributed by atoms with Crippen molar-refractivity contribution in [1.29, 1.82) is 0 Å². The normalized spacial score (nSPS) is 19.2. The Kier molecular flexibility index (Phi) is 4.45. The molecule has 1 atom stereocenters. The van der Waals surface area contributed by atoms with Gasteiger partial charge >= 0.3 is 0 Å². The van der Waals surface area contributed by atoms with Gasteiger partial charge in [-0.2, -0.15) is 4.31 Å². The number of rotatable bonds is 3. The fraction of sp³-hybridized carbons (Fsp3) is 0.353. The van der Waals surface area contributed by atoms with Crippen LogP contribution in [0.1, 0.15) is 35.6 Å². The molecule has 1 aliphatic heterocycles. The molecule has 0 radical (unpaired) electrons. The van der Waals surface area contributed by atoms with Gasteiger partial charge in [0.25, 0.3) is 0 Å². The predicted molar refractivity (Wildman–Crippen MR) is 91.0 cm³/mol. The number of nitrogens with zero attached hydrogens (tertiary/aromatic N) is 2. The molecule has 2 heterocycles. The Hall–Kier alpha value is -1.43. The summed E-state index contributed by atoms with van der Waals surface area (Å²) in [4.78, 5) is 4.51. The fourth-order valence-corrected chi connectivity index (χ4v) is 4.75. The summed E-state index contributed by atoms with van der Waals surface area (Å²) < 4.78 is 27.5. The minimum Gasteiger partial charge on any atom is -0.244 e. The zero-order valence-corrected chi connectivity index (χ0v) is 14.7. The second kappa shape index (κ2) is 6.23. The molecule has 0 aliphatic carbocycles. The Balaban J connectivity index is 1.97. The lowest BCUT2D eigenvalue weighted by Gasteiger charge is -2.24. The van der Waals surface area contributed by atoms with Crippen molar-refractivity contribution in [2.45, 2.75) is 37.6 Å². The van der Waals surface area contributed by atoms with E-state index in [4.69, 9.17) is 11.6 Å². The van der Waals surface area contributed by atoms with E-state index in [-0.39, 0.29) is 6.04 Å². The first kappa shape index (κ1) is 16.4. The van der Waals surface area contributed by atoms with Gasteiger partial charge in [-0.05, 0) is 56.0 Å². The first-order valence-electron chi connectivity index (χ1n) is 7.60. The molecule has 0 saturated carbocycles. The SMILES string of the molecule is Cc1ccc(S(=O)(=O)N2CCC[C@H]2c2cnc(Cl)c(C)c2)cc1. The lowest BCUT2D eigenvalue weighted by Crippen LogP contribution is -2.30. The van der Waals surface area contributed by atoms with Crippen molar-refractivity contribution in [2.75, 3.05) is 6.54 Å². The number of benzene rings is 1. The van der Waals surface area contributed by atoms with Crippen LogP contribution in [0.2, 0.25) is 5.15 Å². The topological polar surface area (TPSA) is 50.3 Å². The quantitative estimate of drug-likeness (QED) is 0.789. The fourth-order valence-electron chi connectivity index (χ4n) is 2.97. The van der Waals surface area contributed by atoms with Crippen molar-refractivity contribution in [3.63, 3.8) is 0 Å².